The van der Waals surface area contributed by atoms with E-state index in [1.165, 1.54) is 0 Å². The van der Waals surface area contributed by atoms with Gasteiger partial charge in [-0.2, -0.15) is 0 Å². The van der Waals surface area contributed by atoms with Crippen LogP contribution in [0.2, 0.25) is 0 Å². The minimum absolute atomic E-state index is 0.413. The molecule has 0 amide bonds. The Morgan fingerprint density at radius 3 is 2.38 bits per heavy atom. The molecule has 1 aromatic carbocycles. The maximum absolute atomic E-state index is 11.4. The first-order valence-electron chi connectivity index (χ1n) is 4.46. The van der Waals surface area contributed by atoms with Gasteiger partial charge in [0.25, 0.3) is 0 Å². The lowest BCUT2D eigenvalue weighted by atomic mass is 10.2. The average Bonchev–Trinajstić information content (AvgIpc) is 2.53. The number of nitrogens with two attached hydrogens (primary N) is 1. The van der Waals surface area contributed by atoms with Crippen molar-refractivity contribution in [2.75, 3.05) is 5.73 Å². The van der Waals surface area contributed by atoms with Crippen molar-refractivity contribution in [3.05, 3.63) is 43.1 Å². The van der Waals surface area contributed by atoms with Crippen molar-refractivity contribution in [1.29, 1.82) is 0 Å². The van der Waals surface area contributed by atoms with Crippen molar-refractivity contribution in [3.63, 3.8) is 0 Å². The van der Waals surface area contributed by atoms with Crippen LogP contribution in [0.15, 0.2) is 26.2 Å². The lowest BCUT2D eigenvalue weighted by Gasteiger charge is -2.06. The number of aromatic amines is 2. The number of benzene rings is 1. The van der Waals surface area contributed by atoms with Gasteiger partial charge in [-0.1, -0.05) is 0 Å². The number of nitrogens with zero attached hydrogens (tertiary/aromatic N) is 1. The summed E-state index contributed by atoms with van der Waals surface area (Å²) in [7, 11) is 0. The molecule has 0 bridgehead atoms. The minimum Gasteiger partial charge on any atom is -0.398 e. The van der Waals surface area contributed by atoms with Crippen LogP contribution in [0.3, 0.4) is 0 Å². The van der Waals surface area contributed by atoms with E-state index in [-0.39, 0.29) is 0 Å². The summed E-state index contributed by atoms with van der Waals surface area (Å²) < 4.78 is 1.60. The highest BCUT2D eigenvalue weighted by Gasteiger charge is 2.11. The van der Waals surface area contributed by atoms with Crippen LogP contribution < -0.4 is 17.1 Å². The molecule has 1 aromatic heterocycles. The van der Waals surface area contributed by atoms with E-state index in [2.05, 4.69) is 26.1 Å². The Balaban J connectivity index is 2.80. The number of nitrogen functional groups attached to an aromatic ring is 1. The Morgan fingerprint density at radius 1 is 1.25 bits per heavy atom. The topological polar surface area (TPSA) is 96.7 Å². The van der Waals surface area contributed by atoms with Gasteiger partial charge in [0.2, 0.25) is 0 Å². The van der Waals surface area contributed by atoms with Crippen LogP contribution in [0.25, 0.3) is 5.69 Å². The number of hydrogen-bond acceptors (Lipinski definition) is 3. The van der Waals surface area contributed by atoms with Crippen molar-refractivity contribution in [2.24, 2.45) is 0 Å². The second kappa shape index (κ2) is 3.67. The number of halogens is 1. The van der Waals surface area contributed by atoms with Gasteiger partial charge in [0, 0.05) is 10.2 Å². The van der Waals surface area contributed by atoms with E-state index in [0.29, 0.717) is 15.8 Å². The molecule has 6 nitrogen and oxygen atoms in total. The molecule has 0 unspecified atom stereocenters. The van der Waals surface area contributed by atoms with Gasteiger partial charge in [-0.15, -0.1) is 0 Å². The average molecular weight is 285 g/mol. The fourth-order valence-electron chi connectivity index (χ4n) is 1.38. The molecular weight excluding hydrogens is 276 g/mol. The number of nitrogens with one attached hydrogen (secondary N) is 2. The van der Waals surface area contributed by atoms with Gasteiger partial charge in [-0.25, -0.2) is 24.4 Å². The molecule has 2 rings (SSSR count). The molecule has 4 N–H and O–H groups in total. The number of rotatable bonds is 1. The van der Waals surface area contributed by atoms with Gasteiger partial charge in [0.15, 0.2) is 0 Å². The number of aryl methyl sites for hydroxylation is 1. The van der Waals surface area contributed by atoms with E-state index in [1.807, 2.05) is 6.92 Å². The zero-order valence-corrected chi connectivity index (χ0v) is 9.96. The van der Waals surface area contributed by atoms with Crippen molar-refractivity contribution in [3.8, 4) is 5.69 Å². The molecule has 0 spiro atoms. The van der Waals surface area contributed by atoms with Gasteiger partial charge in [-0.3, -0.25) is 0 Å². The highest BCUT2D eigenvalue weighted by atomic mass is 79.9. The van der Waals surface area contributed by atoms with Crippen LogP contribution in [-0.4, -0.2) is 14.8 Å². The predicted octanol–water partition coefficient (Wildman–Crippen LogP) is 0.507. The fourth-order valence-corrected chi connectivity index (χ4v) is 2.01. The number of anilines is 1. The number of H-pyrrole nitrogens is 2. The van der Waals surface area contributed by atoms with Gasteiger partial charge in [-0.05, 0) is 40.5 Å². The summed E-state index contributed by atoms with van der Waals surface area (Å²) in [4.78, 5) is 22.8. The Morgan fingerprint density at radius 2 is 1.81 bits per heavy atom. The van der Waals surface area contributed by atoms with Gasteiger partial charge >= 0.3 is 11.4 Å². The molecular formula is C9H9BrN4O2. The Bertz CT molecular complexity index is 625. The first kappa shape index (κ1) is 10.7. The maximum Gasteiger partial charge on any atom is 0.349 e. The van der Waals surface area contributed by atoms with Crippen molar-refractivity contribution in [1.82, 2.24) is 14.8 Å². The van der Waals surface area contributed by atoms with Crippen molar-refractivity contribution in [2.45, 2.75) is 6.92 Å². The summed E-state index contributed by atoms with van der Waals surface area (Å²) >= 11 is 3.29. The van der Waals surface area contributed by atoms with E-state index >= 15 is 0 Å². The third kappa shape index (κ3) is 1.58. The molecule has 0 saturated heterocycles. The van der Waals surface area contributed by atoms with Gasteiger partial charge < -0.3 is 5.73 Å². The SMILES string of the molecule is Cc1cc(Br)c(-n2c(=O)[nH][nH]c2=O)cc1N. The fraction of sp³-hybridized carbons (Fsp3) is 0.111. The standard InChI is InChI=1S/C9H9BrN4O2/c1-4-2-5(10)7(3-6(4)11)14-8(15)12-13-9(14)16/h2-3H,11H2,1H3,(H,12,15)(H,13,16). The first-order valence-corrected chi connectivity index (χ1v) is 5.25. The van der Waals surface area contributed by atoms with Crippen LogP contribution in [-0.2, 0) is 0 Å². The van der Waals surface area contributed by atoms with Crippen LogP contribution in [0.1, 0.15) is 5.56 Å². The van der Waals surface area contributed by atoms with Crippen LogP contribution >= 0.6 is 15.9 Å². The quantitative estimate of drug-likeness (QED) is 0.666. The molecule has 0 atom stereocenters. The molecule has 0 fully saturated rings. The Hall–Kier alpha value is -1.76. The van der Waals surface area contributed by atoms with Gasteiger partial charge in [0.1, 0.15) is 0 Å². The zero-order chi connectivity index (χ0) is 11.9. The molecule has 16 heavy (non-hydrogen) atoms. The smallest absolute Gasteiger partial charge is 0.349 e. The van der Waals surface area contributed by atoms with Gasteiger partial charge in [0.05, 0.1) is 5.69 Å². The second-order valence-corrected chi connectivity index (χ2v) is 4.21. The minimum atomic E-state index is -0.533. The zero-order valence-electron chi connectivity index (χ0n) is 8.37. The van der Waals surface area contributed by atoms with Crippen LogP contribution in [0, 0.1) is 6.92 Å². The predicted molar refractivity (Wildman–Crippen MR) is 63.9 cm³/mol. The lowest BCUT2D eigenvalue weighted by molar-refractivity contribution is 0.946. The Kier molecular flexibility index (Phi) is 2.47. The van der Waals surface area contributed by atoms with E-state index in [9.17, 15) is 9.59 Å². The third-order valence-corrected chi connectivity index (χ3v) is 2.89. The normalized spacial score (nSPS) is 10.6. The summed E-state index contributed by atoms with van der Waals surface area (Å²) in [5.41, 5.74) is 6.47. The monoisotopic (exact) mass is 284 g/mol. The van der Waals surface area contributed by atoms with E-state index < -0.39 is 11.4 Å². The largest absolute Gasteiger partial charge is 0.398 e. The van der Waals surface area contributed by atoms with Crippen molar-refractivity contribution < 1.29 is 0 Å². The van der Waals surface area contributed by atoms with Crippen molar-refractivity contribution >= 4 is 21.6 Å². The lowest BCUT2D eigenvalue weighted by Crippen LogP contribution is -2.25. The molecule has 1 heterocycles. The summed E-state index contributed by atoms with van der Waals surface area (Å²) in [5, 5.41) is 4.41. The van der Waals surface area contributed by atoms with E-state index in [0.717, 1.165) is 10.1 Å². The molecule has 0 saturated carbocycles. The molecule has 84 valence electrons. The molecule has 7 heteroatoms. The summed E-state index contributed by atoms with van der Waals surface area (Å²) in [6.45, 7) is 1.84. The summed E-state index contributed by atoms with van der Waals surface area (Å²) in [5.74, 6) is 0. The second-order valence-electron chi connectivity index (χ2n) is 3.36. The summed E-state index contributed by atoms with van der Waals surface area (Å²) in [6.07, 6.45) is 0. The molecule has 0 aliphatic carbocycles. The van der Waals surface area contributed by atoms with Crippen LogP contribution in [0.4, 0.5) is 5.69 Å². The van der Waals surface area contributed by atoms with Crippen LogP contribution in [0.5, 0.6) is 0 Å². The van der Waals surface area contributed by atoms with E-state index in [4.69, 9.17) is 5.73 Å². The molecule has 0 aliphatic rings. The molecule has 0 radical (unpaired) electrons. The molecule has 2 aromatic rings. The Labute approximate surface area is 98.2 Å². The number of aromatic nitrogens is 3. The summed E-state index contributed by atoms with van der Waals surface area (Å²) in [6, 6.07) is 3.33. The third-order valence-electron chi connectivity index (χ3n) is 2.26. The first-order chi connectivity index (χ1) is 7.50. The number of hydrogen-bond donors (Lipinski definition) is 3. The highest BCUT2D eigenvalue weighted by Crippen LogP contribution is 2.24. The van der Waals surface area contributed by atoms with E-state index in [1.54, 1.807) is 12.1 Å². The molecule has 0 aliphatic heterocycles. The highest BCUT2D eigenvalue weighted by molar-refractivity contribution is 9.10. The maximum atomic E-state index is 11.4.